The van der Waals surface area contributed by atoms with Gasteiger partial charge in [-0.2, -0.15) is 5.26 Å². The molecular formula is C15H17ClN2. The Kier molecular flexibility index (Phi) is 3.18. The summed E-state index contributed by atoms with van der Waals surface area (Å²) in [6.45, 7) is 1.09. The summed E-state index contributed by atoms with van der Waals surface area (Å²) >= 11 is 5.97. The van der Waals surface area contributed by atoms with Gasteiger partial charge in [-0.05, 0) is 43.4 Å². The molecule has 1 aliphatic carbocycles. The van der Waals surface area contributed by atoms with E-state index in [1.54, 1.807) is 6.07 Å². The molecule has 0 radical (unpaired) electrons. The molecule has 94 valence electrons. The Morgan fingerprint density at radius 1 is 1.22 bits per heavy atom. The first-order valence-corrected chi connectivity index (χ1v) is 7.13. The van der Waals surface area contributed by atoms with Crippen LogP contribution in [0.3, 0.4) is 0 Å². The Bertz CT molecular complexity index is 492. The minimum Gasteiger partial charge on any atom is -0.367 e. The summed E-state index contributed by atoms with van der Waals surface area (Å²) in [5.41, 5.74) is 1.80. The van der Waals surface area contributed by atoms with E-state index in [1.165, 1.54) is 32.1 Å². The number of hydrogen-bond acceptors (Lipinski definition) is 2. The Labute approximate surface area is 113 Å². The van der Waals surface area contributed by atoms with Gasteiger partial charge in [-0.3, -0.25) is 0 Å². The minimum atomic E-state index is 0.645. The van der Waals surface area contributed by atoms with Crippen molar-refractivity contribution in [1.82, 2.24) is 0 Å². The molecule has 18 heavy (non-hydrogen) atoms. The fraction of sp³-hybridized carbons (Fsp3) is 0.533. The highest BCUT2D eigenvalue weighted by Crippen LogP contribution is 2.40. The van der Waals surface area contributed by atoms with Crippen LogP contribution >= 0.6 is 11.6 Å². The number of nitrogens with zero attached hydrogens (tertiary/aromatic N) is 2. The number of hydrogen-bond donors (Lipinski definition) is 0. The predicted molar refractivity (Wildman–Crippen MR) is 73.9 cm³/mol. The molecule has 0 amide bonds. The van der Waals surface area contributed by atoms with E-state index in [1.807, 2.05) is 12.1 Å². The van der Waals surface area contributed by atoms with Gasteiger partial charge in [0.05, 0.1) is 11.3 Å². The van der Waals surface area contributed by atoms with Crippen molar-refractivity contribution in [2.45, 2.75) is 38.1 Å². The van der Waals surface area contributed by atoms with E-state index in [-0.39, 0.29) is 0 Å². The summed E-state index contributed by atoms with van der Waals surface area (Å²) in [7, 11) is 0. The Morgan fingerprint density at radius 2 is 2.06 bits per heavy atom. The molecule has 1 aliphatic heterocycles. The van der Waals surface area contributed by atoms with Crippen molar-refractivity contribution < 1.29 is 0 Å². The first-order valence-electron chi connectivity index (χ1n) is 6.76. The molecule has 0 spiro atoms. The van der Waals surface area contributed by atoms with Gasteiger partial charge >= 0.3 is 0 Å². The first kappa shape index (κ1) is 11.9. The maximum atomic E-state index is 9.26. The summed E-state index contributed by atoms with van der Waals surface area (Å²) in [5.74, 6) is 0.834. The van der Waals surface area contributed by atoms with Gasteiger partial charge in [-0.25, -0.2) is 0 Å². The van der Waals surface area contributed by atoms with Crippen molar-refractivity contribution in [2.75, 3.05) is 11.4 Å². The quantitative estimate of drug-likeness (QED) is 0.764. The molecule has 3 heteroatoms. The molecule has 0 N–H and O–H groups in total. The Balaban J connectivity index is 1.93. The number of benzene rings is 1. The number of halogens is 1. The molecule has 0 aromatic heterocycles. The largest absolute Gasteiger partial charge is 0.367 e. The fourth-order valence-corrected chi connectivity index (χ4v) is 3.73. The molecular weight excluding hydrogens is 244 g/mol. The Morgan fingerprint density at radius 3 is 2.89 bits per heavy atom. The van der Waals surface area contributed by atoms with Crippen molar-refractivity contribution in [3.8, 4) is 6.07 Å². The van der Waals surface area contributed by atoms with Gasteiger partial charge in [0.2, 0.25) is 0 Å². The van der Waals surface area contributed by atoms with Crippen LogP contribution in [0.1, 0.15) is 37.7 Å². The number of nitriles is 1. The lowest BCUT2D eigenvalue weighted by atomic mass is 9.85. The van der Waals surface area contributed by atoms with Crippen LogP contribution in [-0.4, -0.2) is 12.6 Å². The van der Waals surface area contributed by atoms with Gasteiger partial charge in [0.25, 0.3) is 0 Å². The lowest BCUT2D eigenvalue weighted by Gasteiger charge is -2.33. The highest BCUT2D eigenvalue weighted by atomic mass is 35.5. The fourth-order valence-electron chi connectivity index (χ4n) is 3.55. The molecule has 1 heterocycles. The second kappa shape index (κ2) is 4.82. The zero-order valence-electron chi connectivity index (χ0n) is 10.4. The van der Waals surface area contributed by atoms with Crippen molar-refractivity contribution >= 4 is 17.3 Å². The SMILES string of the molecule is N#Cc1cc(Cl)ccc1N1CCC2CCCCC21. The second-order valence-electron chi connectivity index (χ2n) is 5.37. The normalized spacial score (nSPS) is 26.8. The number of fused-ring (bicyclic) bond motifs is 1. The van der Waals surface area contributed by atoms with E-state index in [9.17, 15) is 5.26 Å². The standard InChI is InChI=1S/C15H17ClN2/c16-13-5-6-15(12(9-13)10-17)18-8-7-11-3-1-2-4-14(11)18/h5-6,9,11,14H,1-4,7-8H2. The lowest BCUT2D eigenvalue weighted by Crippen LogP contribution is -2.35. The smallest absolute Gasteiger partial charge is 0.101 e. The van der Waals surface area contributed by atoms with Crippen LogP contribution in [0.15, 0.2) is 18.2 Å². The van der Waals surface area contributed by atoms with Crippen LogP contribution in [0.25, 0.3) is 0 Å². The first-order chi connectivity index (χ1) is 8.79. The molecule has 1 aromatic rings. The molecule has 1 saturated carbocycles. The van der Waals surface area contributed by atoms with Crippen molar-refractivity contribution in [3.63, 3.8) is 0 Å². The zero-order chi connectivity index (χ0) is 12.5. The van der Waals surface area contributed by atoms with Gasteiger partial charge in [-0.1, -0.05) is 24.4 Å². The maximum Gasteiger partial charge on any atom is 0.101 e. The van der Waals surface area contributed by atoms with Gasteiger partial charge in [0.15, 0.2) is 0 Å². The van der Waals surface area contributed by atoms with E-state index in [2.05, 4.69) is 11.0 Å². The van der Waals surface area contributed by atoms with Gasteiger partial charge < -0.3 is 4.90 Å². The molecule has 2 fully saturated rings. The predicted octanol–water partition coefficient (Wildman–Crippen LogP) is 3.98. The summed E-state index contributed by atoms with van der Waals surface area (Å²) in [5, 5.41) is 9.91. The van der Waals surface area contributed by atoms with Gasteiger partial charge in [0.1, 0.15) is 6.07 Å². The summed E-state index contributed by atoms with van der Waals surface area (Å²) in [6.07, 6.45) is 6.61. The third-order valence-electron chi connectivity index (χ3n) is 4.40. The molecule has 2 unspecified atom stereocenters. The summed E-state index contributed by atoms with van der Waals surface area (Å²) in [4.78, 5) is 2.44. The van der Waals surface area contributed by atoms with E-state index >= 15 is 0 Å². The molecule has 1 saturated heterocycles. The summed E-state index contributed by atoms with van der Waals surface area (Å²) in [6, 6.07) is 8.62. The van der Waals surface area contributed by atoms with Crippen molar-refractivity contribution in [1.29, 1.82) is 5.26 Å². The van der Waals surface area contributed by atoms with E-state index in [0.29, 0.717) is 16.6 Å². The van der Waals surface area contributed by atoms with E-state index in [0.717, 1.165) is 18.2 Å². The molecule has 3 rings (SSSR count). The number of rotatable bonds is 1. The third kappa shape index (κ3) is 1.97. The topological polar surface area (TPSA) is 27.0 Å². The van der Waals surface area contributed by atoms with Crippen LogP contribution in [0.2, 0.25) is 5.02 Å². The molecule has 2 nitrogen and oxygen atoms in total. The highest BCUT2D eigenvalue weighted by molar-refractivity contribution is 6.30. The number of anilines is 1. The van der Waals surface area contributed by atoms with Gasteiger partial charge in [-0.15, -0.1) is 0 Å². The van der Waals surface area contributed by atoms with Crippen LogP contribution < -0.4 is 4.90 Å². The van der Waals surface area contributed by atoms with E-state index < -0.39 is 0 Å². The Hall–Kier alpha value is -1.20. The van der Waals surface area contributed by atoms with Crippen LogP contribution in [0.4, 0.5) is 5.69 Å². The highest BCUT2D eigenvalue weighted by Gasteiger charge is 2.36. The molecule has 2 aliphatic rings. The van der Waals surface area contributed by atoms with Crippen LogP contribution in [0.5, 0.6) is 0 Å². The van der Waals surface area contributed by atoms with Crippen molar-refractivity contribution in [3.05, 3.63) is 28.8 Å². The monoisotopic (exact) mass is 260 g/mol. The zero-order valence-corrected chi connectivity index (χ0v) is 11.2. The third-order valence-corrected chi connectivity index (χ3v) is 4.63. The second-order valence-corrected chi connectivity index (χ2v) is 5.80. The average Bonchev–Trinajstić information content (AvgIpc) is 2.82. The van der Waals surface area contributed by atoms with Crippen LogP contribution in [0, 0.1) is 17.2 Å². The average molecular weight is 261 g/mol. The minimum absolute atomic E-state index is 0.645. The van der Waals surface area contributed by atoms with E-state index in [4.69, 9.17) is 11.6 Å². The maximum absolute atomic E-state index is 9.26. The molecule has 2 atom stereocenters. The van der Waals surface area contributed by atoms with Gasteiger partial charge in [0, 0.05) is 17.6 Å². The van der Waals surface area contributed by atoms with Crippen LogP contribution in [-0.2, 0) is 0 Å². The summed E-state index contributed by atoms with van der Waals surface area (Å²) < 4.78 is 0. The van der Waals surface area contributed by atoms with Crippen molar-refractivity contribution in [2.24, 2.45) is 5.92 Å². The lowest BCUT2D eigenvalue weighted by molar-refractivity contribution is 0.342. The molecule has 1 aromatic carbocycles. The molecule has 0 bridgehead atoms.